The number of pyridine rings is 1. The zero-order valence-electron chi connectivity index (χ0n) is 10.4. The quantitative estimate of drug-likeness (QED) is 0.848. The summed E-state index contributed by atoms with van der Waals surface area (Å²) in [6.07, 6.45) is 3.98. The number of hydrogen-bond donors (Lipinski definition) is 2. The van der Waals surface area contributed by atoms with Gasteiger partial charge >= 0.3 is 5.97 Å². The highest BCUT2D eigenvalue weighted by atomic mass is 16.5. The summed E-state index contributed by atoms with van der Waals surface area (Å²) in [5.74, 6) is -1.88. The number of methoxy groups -OCH3 is 1. The Morgan fingerprint density at radius 1 is 1.20 bits per heavy atom. The molecule has 0 spiro atoms. The molecule has 2 N–H and O–H groups in total. The molecule has 0 aromatic carbocycles. The van der Waals surface area contributed by atoms with Crippen LogP contribution in [0.4, 0.5) is 5.82 Å². The van der Waals surface area contributed by atoms with Gasteiger partial charge in [0.15, 0.2) is 11.5 Å². The van der Waals surface area contributed by atoms with Gasteiger partial charge in [0.1, 0.15) is 5.56 Å². The number of nitrogens with one attached hydrogen (secondary N) is 1. The van der Waals surface area contributed by atoms with Crippen molar-refractivity contribution in [1.82, 2.24) is 15.0 Å². The number of rotatable bonds is 4. The van der Waals surface area contributed by atoms with Crippen molar-refractivity contribution in [3.8, 4) is 5.88 Å². The van der Waals surface area contributed by atoms with Crippen LogP contribution in [0, 0.1) is 0 Å². The van der Waals surface area contributed by atoms with E-state index >= 15 is 0 Å². The summed E-state index contributed by atoms with van der Waals surface area (Å²) in [5, 5.41) is 11.3. The number of hydrogen-bond acceptors (Lipinski definition) is 6. The van der Waals surface area contributed by atoms with Gasteiger partial charge in [-0.3, -0.25) is 4.79 Å². The van der Waals surface area contributed by atoms with Crippen molar-refractivity contribution in [3.05, 3.63) is 42.0 Å². The predicted molar refractivity (Wildman–Crippen MR) is 67.7 cm³/mol. The van der Waals surface area contributed by atoms with Crippen LogP contribution in [0.5, 0.6) is 5.88 Å². The minimum absolute atomic E-state index is 0.130. The number of anilines is 1. The molecule has 0 unspecified atom stereocenters. The molecule has 102 valence electrons. The molecule has 0 saturated heterocycles. The van der Waals surface area contributed by atoms with E-state index in [9.17, 15) is 9.59 Å². The molecular formula is C12H10N4O4. The molecule has 0 saturated carbocycles. The van der Waals surface area contributed by atoms with Crippen molar-refractivity contribution in [2.75, 3.05) is 12.4 Å². The Bertz CT molecular complexity index is 659. The van der Waals surface area contributed by atoms with Crippen molar-refractivity contribution >= 4 is 17.7 Å². The van der Waals surface area contributed by atoms with Gasteiger partial charge < -0.3 is 15.2 Å². The molecule has 2 rings (SSSR count). The average Bonchev–Trinajstić information content (AvgIpc) is 2.47. The number of carbonyl (C=O) groups excluding carboxylic acids is 1. The Labute approximate surface area is 113 Å². The van der Waals surface area contributed by atoms with E-state index in [1.165, 1.54) is 31.8 Å². The van der Waals surface area contributed by atoms with Crippen LogP contribution in [0.3, 0.4) is 0 Å². The number of aromatic carboxylic acids is 1. The highest BCUT2D eigenvalue weighted by Crippen LogP contribution is 2.16. The van der Waals surface area contributed by atoms with Gasteiger partial charge in [-0.2, -0.15) is 0 Å². The van der Waals surface area contributed by atoms with E-state index in [0.29, 0.717) is 0 Å². The van der Waals surface area contributed by atoms with Crippen molar-refractivity contribution in [3.63, 3.8) is 0 Å². The van der Waals surface area contributed by atoms with Crippen LogP contribution in [0.25, 0.3) is 0 Å². The second-order valence-electron chi connectivity index (χ2n) is 3.57. The second kappa shape index (κ2) is 5.74. The van der Waals surface area contributed by atoms with E-state index in [2.05, 4.69) is 20.3 Å². The molecule has 2 heterocycles. The lowest BCUT2D eigenvalue weighted by molar-refractivity contribution is 0.0691. The fraction of sp³-hybridized carbons (Fsp3) is 0.0833. The maximum atomic E-state index is 12.1. The van der Waals surface area contributed by atoms with Gasteiger partial charge in [-0.25, -0.2) is 19.7 Å². The molecule has 8 heteroatoms. The van der Waals surface area contributed by atoms with Crippen molar-refractivity contribution < 1.29 is 19.4 Å². The lowest BCUT2D eigenvalue weighted by Gasteiger charge is -2.08. The van der Waals surface area contributed by atoms with E-state index in [1.807, 2.05) is 0 Å². The van der Waals surface area contributed by atoms with E-state index in [1.54, 1.807) is 6.07 Å². The summed E-state index contributed by atoms with van der Waals surface area (Å²) in [7, 11) is 1.38. The van der Waals surface area contributed by atoms with Crippen molar-refractivity contribution in [2.24, 2.45) is 0 Å². The van der Waals surface area contributed by atoms with Crippen LogP contribution in [0.15, 0.2) is 30.7 Å². The number of amides is 1. The predicted octanol–water partition coefficient (Wildman–Crippen LogP) is 0.831. The maximum absolute atomic E-state index is 12.1. The molecule has 20 heavy (non-hydrogen) atoms. The topological polar surface area (TPSA) is 114 Å². The number of carboxylic acid groups (broad SMARTS) is 1. The first kappa shape index (κ1) is 13.4. The number of aromatic nitrogens is 3. The molecular weight excluding hydrogens is 264 g/mol. The molecule has 2 aromatic rings. The summed E-state index contributed by atoms with van der Waals surface area (Å²) in [5.41, 5.74) is -0.180. The van der Waals surface area contributed by atoms with Gasteiger partial charge in [0, 0.05) is 18.6 Å². The second-order valence-corrected chi connectivity index (χ2v) is 3.57. The summed E-state index contributed by atoms with van der Waals surface area (Å²) < 4.78 is 4.96. The maximum Gasteiger partial charge on any atom is 0.358 e. The summed E-state index contributed by atoms with van der Waals surface area (Å²) >= 11 is 0. The third-order valence-electron chi connectivity index (χ3n) is 2.34. The number of ether oxygens (including phenoxy) is 1. The summed E-state index contributed by atoms with van der Waals surface area (Å²) in [6, 6.07) is 3.06. The summed E-state index contributed by atoms with van der Waals surface area (Å²) in [4.78, 5) is 34.4. The Hall–Kier alpha value is -3.03. The van der Waals surface area contributed by atoms with E-state index in [4.69, 9.17) is 9.84 Å². The standard InChI is InChI=1S/C12H10N4O4/c1-20-11-7(3-2-4-15-11)10(17)16-9-8(12(18)19)13-5-6-14-9/h2-6H,1H3,(H,18,19)(H,14,16,17). The minimum Gasteiger partial charge on any atom is -0.480 e. The fourth-order valence-corrected chi connectivity index (χ4v) is 1.49. The van der Waals surface area contributed by atoms with Crippen molar-refractivity contribution in [2.45, 2.75) is 0 Å². The lowest BCUT2D eigenvalue weighted by atomic mass is 10.2. The molecule has 0 bridgehead atoms. The Morgan fingerprint density at radius 2 is 1.95 bits per heavy atom. The van der Waals surface area contributed by atoms with Crippen LogP contribution in [0.1, 0.15) is 20.8 Å². The first-order valence-corrected chi connectivity index (χ1v) is 5.48. The van der Waals surface area contributed by atoms with Crippen LogP contribution >= 0.6 is 0 Å². The van der Waals surface area contributed by atoms with Crippen LogP contribution in [-0.4, -0.2) is 39.0 Å². The first-order chi connectivity index (χ1) is 9.63. The summed E-state index contributed by atoms with van der Waals surface area (Å²) in [6.45, 7) is 0. The molecule has 1 amide bonds. The van der Waals surface area contributed by atoms with Crippen LogP contribution < -0.4 is 10.1 Å². The van der Waals surface area contributed by atoms with Gasteiger partial charge in [0.25, 0.3) is 5.91 Å². The fourth-order valence-electron chi connectivity index (χ4n) is 1.49. The third-order valence-corrected chi connectivity index (χ3v) is 2.34. The monoisotopic (exact) mass is 274 g/mol. The lowest BCUT2D eigenvalue weighted by Crippen LogP contribution is -2.18. The number of nitrogens with zero attached hydrogens (tertiary/aromatic N) is 3. The number of carboxylic acids is 1. The van der Waals surface area contributed by atoms with E-state index in [-0.39, 0.29) is 23.0 Å². The first-order valence-electron chi connectivity index (χ1n) is 5.48. The minimum atomic E-state index is -1.29. The third kappa shape index (κ3) is 2.69. The Morgan fingerprint density at radius 3 is 2.65 bits per heavy atom. The highest BCUT2D eigenvalue weighted by molar-refractivity contribution is 6.07. The normalized spacial score (nSPS) is 9.85. The van der Waals surface area contributed by atoms with Gasteiger partial charge in [0.05, 0.1) is 7.11 Å². The zero-order valence-corrected chi connectivity index (χ0v) is 10.4. The Kier molecular flexibility index (Phi) is 3.85. The molecule has 0 aliphatic heterocycles. The average molecular weight is 274 g/mol. The number of carbonyl (C=O) groups is 2. The molecule has 0 aliphatic carbocycles. The molecule has 0 fully saturated rings. The largest absolute Gasteiger partial charge is 0.480 e. The molecule has 2 aromatic heterocycles. The van der Waals surface area contributed by atoms with Gasteiger partial charge in [-0.15, -0.1) is 0 Å². The smallest absolute Gasteiger partial charge is 0.358 e. The zero-order chi connectivity index (χ0) is 14.5. The molecule has 0 atom stereocenters. The van der Waals surface area contributed by atoms with Gasteiger partial charge in [-0.05, 0) is 12.1 Å². The molecule has 0 radical (unpaired) electrons. The molecule has 8 nitrogen and oxygen atoms in total. The van der Waals surface area contributed by atoms with Gasteiger partial charge in [-0.1, -0.05) is 0 Å². The van der Waals surface area contributed by atoms with Crippen LogP contribution in [-0.2, 0) is 0 Å². The molecule has 0 aliphatic rings. The van der Waals surface area contributed by atoms with E-state index in [0.717, 1.165) is 0 Å². The van der Waals surface area contributed by atoms with E-state index < -0.39 is 11.9 Å². The van der Waals surface area contributed by atoms with Crippen molar-refractivity contribution in [1.29, 1.82) is 0 Å². The highest BCUT2D eigenvalue weighted by Gasteiger charge is 2.18. The van der Waals surface area contributed by atoms with Gasteiger partial charge in [0.2, 0.25) is 5.88 Å². The Balaban J connectivity index is 2.31. The van der Waals surface area contributed by atoms with Crippen LogP contribution in [0.2, 0.25) is 0 Å². The SMILES string of the molecule is COc1ncccc1C(=O)Nc1nccnc1C(=O)O.